The van der Waals surface area contributed by atoms with Crippen LogP contribution in [0.25, 0.3) is 0 Å². The number of hydrogen-bond donors (Lipinski definition) is 0. The minimum absolute atomic E-state index is 0.135. The Balaban J connectivity index is 1.85. The van der Waals surface area contributed by atoms with Crippen molar-refractivity contribution >= 4 is 0 Å². The highest BCUT2D eigenvalue weighted by molar-refractivity contribution is 5.01. The molecule has 2 nitrogen and oxygen atoms in total. The zero-order valence-corrected chi connectivity index (χ0v) is 15.8. The third kappa shape index (κ3) is 5.59. The van der Waals surface area contributed by atoms with E-state index in [9.17, 15) is 13.2 Å². The lowest BCUT2D eigenvalue weighted by molar-refractivity contribution is -0.151. The second kappa shape index (κ2) is 10.8. The Morgan fingerprint density at radius 3 is 2.12 bits per heavy atom. The van der Waals surface area contributed by atoms with Gasteiger partial charge >= 0.3 is 0 Å². The van der Waals surface area contributed by atoms with Crippen LogP contribution in [-0.4, -0.2) is 43.9 Å². The molecule has 2 rings (SSSR count). The highest BCUT2D eigenvalue weighted by Crippen LogP contribution is 2.46. The standard InChI is InChI=1S/C20H35F3O2/c1-3-5-7-8-12-25-16-13-14-9-10-15(24-11-6-4-2)18(21)17(14)20(23)19(16)22/h14-20H,3-13H2,1-2H3. The number of hydrogen-bond acceptors (Lipinski definition) is 2. The summed E-state index contributed by atoms with van der Waals surface area (Å²) < 4.78 is 55.2. The number of unbranched alkanes of at least 4 members (excludes halogenated alkanes) is 4. The minimum Gasteiger partial charge on any atom is -0.375 e. The second-order valence-electron chi connectivity index (χ2n) is 7.72. The van der Waals surface area contributed by atoms with Gasteiger partial charge in [-0.25, -0.2) is 13.2 Å². The first-order chi connectivity index (χ1) is 12.1. The summed E-state index contributed by atoms with van der Waals surface area (Å²) in [6, 6.07) is 0. The highest BCUT2D eigenvalue weighted by atomic mass is 19.2. The van der Waals surface area contributed by atoms with Crippen molar-refractivity contribution in [1.82, 2.24) is 0 Å². The van der Waals surface area contributed by atoms with E-state index in [2.05, 4.69) is 6.92 Å². The van der Waals surface area contributed by atoms with Crippen LogP contribution >= 0.6 is 0 Å². The first-order valence-electron chi connectivity index (χ1n) is 10.3. The zero-order valence-electron chi connectivity index (χ0n) is 15.8. The number of halogens is 3. The van der Waals surface area contributed by atoms with E-state index >= 15 is 0 Å². The van der Waals surface area contributed by atoms with Gasteiger partial charge in [-0.2, -0.15) is 0 Å². The maximum absolute atomic E-state index is 14.8. The third-order valence-electron chi connectivity index (χ3n) is 5.81. The maximum atomic E-state index is 14.8. The average Bonchev–Trinajstić information content (AvgIpc) is 2.60. The summed E-state index contributed by atoms with van der Waals surface area (Å²) in [7, 11) is 0. The molecule has 0 amide bonds. The summed E-state index contributed by atoms with van der Waals surface area (Å²) in [5.74, 6) is -1.01. The van der Waals surface area contributed by atoms with Crippen molar-refractivity contribution in [2.24, 2.45) is 11.8 Å². The summed E-state index contributed by atoms with van der Waals surface area (Å²) in [6.07, 6.45) is 1.55. The smallest absolute Gasteiger partial charge is 0.157 e. The van der Waals surface area contributed by atoms with Gasteiger partial charge in [-0.3, -0.25) is 0 Å². The molecule has 2 fully saturated rings. The van der Waals surface area contributed by atoms with Crippen LogP contribution in [0.1, 0.15) is 71.6 Å². The normalized spacial score (nSPS) is 38.5. The van der Waals surface area contributed by atoms with Crippen LogP contribution in [0.5, 0.6) is 0 Å². The molecule has 2 saturated carbocycles. The van der Waals surface area contributed by atoms with E-state index in [1.807, 2.05) is 6.92 Å². The fraction of sp³-hybridized carbons (Fsp3) is 1.00. The van der Waals surface area contributed by atoms with Crippen molar-refractivity contribution in [3.8, 4) is 0 Å². The van der Waals surface area contributed by atoms with E-state index in [1.165, 1.54) is 0 Å². The van der Waals surface area contributed by atoms with E-state index in [0.29, 0.717) is 32.5 Å². The van der Waals surface area contributed by atoms with Gasteiger partial charge in [0.15, 0.2) is 6.17 Å². The van der Waals surface area contributed by atoms with E-state index in [-0.39, 0.29) is 5.92 Å². The van der Waals surface area contributed by atoms with Crippen molar-refractivity contribution in [1.29, 1.82) is 0 Å². The Labute approximate surface area is 150 Å². The van der Waals surface area contributed by atoms with Gasteiger partial charge in [0.2, 0.25) is 0 Å². The van der Waals surface area contributed by atoms with Crippen molar-refractivity contribution in [2.45, 2.75) is 102 Å². The molecule has 7 unspecified atom stereocenters. The van der Waals surface area contributed by atoms with Gasteiger partial charge in [0, 0.05) is 19.1 Å². The fourth-order valence-corrected chi connectivity index (χ4v) is 4.27. The number of alkyl halides is 3. The maximum Gasteiger partial charge on any atom is 0.157 e. The molecule has 0 aliphatic heterocycles. The monoisotopic (exact) mass is 364 g/mol. The van der Waals surface area contributed by atoms with Crippen LogP contribution in [0, 0.1) is 11.8 Å². The lowest BCUT2D eigenvalue weighted by atomic mass is 9.66. The summed E-state index contributed by atoms with van der Waals surface area (Å²) in [5.41, 5.74) is 0. The Kier molecular flexibility index (Phi) is 9.05. The Morgan fingerprint density at radius 2 is 1.40 bits per heavy atom. The summed E-state index contributed by atoms with van der Waals surface area (Å²) in [6.45, 7) is 5.14. The second-order valence-corrected chi connectivity index (χ2v) is 7.72. The lowest BCUT2D eigenvalue weighted by Gasteiger charge is -2.46. The Morgan fingerprint density at radius 1 is 0.720 bits per heavy atom. The topological polar surface area (TPSA) is 18.5 Å². The van der Waals surface area contributed by atoms with Crippen molar-refractivity contribution < 1.29 is 22.6 Å². The molecule has 2 aliphatic rings. The molecule has 25 heavy (non-hydrogen) atoms. The van der Waals surface area contributed by atoms with Gasteiger partial charge in [0.05, 0.1) is 12.2 Å². The summed E-state index contributed by atoms with van der Waals surface area (Å²) in [5, 5.41) is 0. The molecular weight excluding hydrogens is 329 g/mol. The van der Waals surface area contributed by atoms with Crippen LogP contribution in [0.4, 0.5) is 13.2 Å². The molecular formula is C20H35F3O2. The summed E-state index contributed by atoms with van der Waals surface area (Å²) >= 11 is 0. The minimum atomic E-state index is -1.79. The van der Waals surface area contributed by atoms with Gasteiger partial charge in [0.25, 0.3) is 0 Å². The Bertz CT molecular complexity index is 367. The van der Waals surface area contributed by atoms with Gasteiger partial charge in [-0.1, -0.05) is 39.5 Å². The van der Waals surface area contributed by atoms with E-state index in [0.717, 1.165) is 38.5 Å². The molecule has 0 aromatic rings. The third-order valence-corrected chi connectivity index (χ3v) is 5.81. The van der Waals surface area contributed by atoms with E-state index in [1.54, 1.807) is 0 Å². The van der Waals surface area contributed by atoms with Crippen LogP contribution in [0.3, 0.4) is 0 Å². The molecule has 0 spiro atoms. The lowest BCUT2D eigenvalue weighted by Crippen LogP contribution is -2.55. The van der Waals surface area contributed by atoms with Crippen LogP contribution in [0.2, 0.25) is 0 Å². The molecule has 0 aromatic heterocycles. The van der Waals surface area contributed by atoms with Crippen LogP contribution in [-0.2, 0) is 9.47 Å². The molecule has 0 heterocycles. The molecule has 0 bridgehead atoms. The molecule has 2 aliphatic carbocycles. The quantitative estimate of drug-likeness (QED) is 0.471. The molecule has 7 atom stereocenters. The molecule has 0 aromatic carbocycles. The van der Waals surface area contributed by atoms with Crippen LogP contribution < -0.4 is 0 Å². The molecule has 0 radical (unpaired) electrons. The predicted octanol–water partition coefficient (Wildman–Crippen LogP) is 5.58. The van der Waals surface area contributed by atoms with Crippen molar-refractivity contribution in [3.63, 3.8) is 0 Å². The van der Waals surface area contributed by atoms with Gasteiger partial charge in [-0.15, -0.1) is 0 Å². The summed E-state index contributed by atoms with van der Waals surface area (Å²) in [4.78, 5) is 0. The van der Waals surface area contributed by atoms with E-state index in [4.69, 9.17) is 9.47 Å². The molecule has 5 heteroatoms. The van der Waals surface area contributed by atoms with Crippen LogP contribution in [0.15, 0.2) is 0 Å². The fourth-order valence-electron chi connectivity index (χ4n) is 4.27. The number of rotatable bonds is 10. The molecule has 148 valence electrons. The van der Waals surface area contributed by atoms with Gasteiger partial charge < -0.3 is 9.47 Å². The largest absolute Gasteiger partial charge is 0.375 e. The van der Waals surface area contributed by atoms with E-state index < -0.39 is 36.6 Å². The SMILES string of the molecule is CCCCCCOC1CC2CCC(OCCCC)C(F)C2C(F)C1F. The number of fused-ring (bicyclic) bond motifs is 1. The number of ether oxygens (including phenoxy) is 2. The first kappa shape index (κ1) is 21.0. The first-order valence-corrected chi connectivity index (χ1v) is 10.3. The molecule has 0 saturated heterocycles. The average molecular weight is 364 g/mol. The highest BCUT2D eigenvalue weighted by Gasteiger charge is 2.53. The predicted molar refractivity (Wildman–Crippen MR) is 94.0 cm³/mol. The van der Waals surface area contributed by atoms with Crippen molar-refractivity contribution in [2.75, 3.05) is 13.2 Å². The zero-order chi connectivity index (χ0) is 18.2. The van der Waals surface area contributed by atoms with Gasteiger partial charge in [-0.05, 0) is 38.0 Å². The Hall–Kier alpha value is -0.290. The molecule has 0 N–H and O–H groups in total. The van der Waals surface area contributed by atoms with Gasteiger partial charge in [0.1, 0.15) is 12.3 Å². The van der Waals surface area contributed by atoms with Crippen molar-refractivity contribution in [3.05, 3.63) is 0 Å².